The van der Waals surface area contributed by atoms with E-state index in [0.29, 0.717) is 22.3 Å². The summed E-state index contributed by atoms with van der Waals surface area (Å²) in [5.74, 6) is 0.226. The van der Waals surface area contributed by atoms with Crippen molar-refractivity contribution in [2.75, 3.05) is 7.11 Å². The number of methoxy groups -OCH3 is 1. The minimum Gasteiger partial charge on any atom is -0.497 e. The second-order valence-corrected chi connectivity index (χ2v) is 7.01. The standard InChI is InChI=1S/C18H22ClNO3/c1-3-11-6-8-18(9-7-11)16(21)15(17(22)20-18)13-5-4-12(23-2)10-14(13)19/h4-5,10-11,15H,3,6-9H2,1-2H3,(H,20,22). The van der Waals surface area contributed by atoms with E-state index in [2.05, 4.69) is 12.2 Å². The van der Waals surface area contributed by atoms with Gasteiger partial charge in [0, 0.05) is 5.02 Å². The van der Waals surface area contributed by atoms with Crippen LogP contribution in [0, 0.1) is 5.92 Å². The fraction of sp³-hybridized carbons (Fsp3) is 0.556. The molecule has 1 heterocycles. The van der Waals surface area contributed by atoms with Gasteiger partial charge in [0.25, 0.3) is 0 Å². The highest BCUT2D eigenvalue weighted by molar-refractivity contribution is 6.33. The zero-order chi connectivity index (χ0) is 16.6. The summed E-state index contributed by atoms with van der Waals surface area (Å²) in [6, 6.07) is 5.11. The number of benzene rings is 1. The van der Waals surface area contributed by atoms with Gasteiger partial charge in [-0.25, -0.2) is 0 Å². The van der Waals surface area contributed by atoms with E-state index >= 15 is 0 Å². The Morgan fingerprint density at radius 2 is 2.00 bits per heavy atom. The third-order valence-electron chi connectivity index (χ3n) is 5.41. The number of nitrogens with one attached hydrogen (secondary N) is 1. The van der Waals surface area contributed by atoms with Gasteiger partial charge in [0.2, 0.25) is 5.91 Å². The predicted octanol–water partition coefficient (Wildman–Crippen LogP) is 3.47. The van der Waals surface area contributed by atoms with Gasteiger partial charge < -0.3 is 10.1 Å². The molecule has 124 valence electrons. The molecule has 1 N–H and O–H groups in total. The number of hydrogen-bond donors (Lipinski definition) is 1. The Hall–Kier alpha value is -1.55. The van der Waals surface area contributed by atoms with Crippen molar-refractivity contribution in [3.05, 3.63) is 28.8 Å². The smallest absolute Gasteiger partial charge is 0.236 e. The molecule has 1 atom stereocenters. The van der Waals surface area contributed by atoms with E-state index in [1.165, 1.54) is 0 Å². The Morgan fingerprint density at radius 3 is 2.57 bits per heavy atom. The zero-order valence-electron chi connectivity index (χ0n) is 13.5. The number of halogens is 1. The average Bonchev–Trinajstić information content (AvgIpc) is 2.79. The molecule has 0 aromatic heterocycles. The maximum Gasteiger partial charge on any atom is 0.236 e. The van der Waals surface area contributed by atoms with E-state index in [0.717, 1.165) is 32.1 Å². The summed E-state index contributed by atoms with van der Waals surface area (Å²) < 4.78 is 5.13. The number of ether oxygens (including phenoxy) is 1. The highest BCUT2D eigenvalue weighted by Gasteiger charge is 2.54. The molecular weight excluding hydrogens is 314 g/mol. The average molecular weight is 336 g/mol. The van der Waals surface area contributed by atoms with Crippen LogP contribution in [0.1, 0.15) is 50.5 Å². The van der Waals surface area contributed by atoms with Crippen molar-refractivity contribution in [3.63, 3.8) is 0 Å². The quantitative estimate of drug-likeness (QED) is 0.860. The minimum absolute atomic E-state index is 0.0240. The van der Waals surface area contributed by atoms with Gasteiger partial charge in [0.1, 0.15) is 11.7 Å². The molecule has 1 spiro atoms. The molecule has 1 aromatic carbocycles. The Bertz CT molecular complexity index is 635. The Balaban J connectivity index is 1.88. The molecule has 1 aliphatic carbocycles. The van der Waals surface area contributed by atoms with Gasteiger partial charge in [0.05, 0.1) is 12.6 Å². The Kier molecular flexibility index (Phi) is 4.37. The summed E-state index contributed by atoms with van der Waals surface area (Å²) in [5, 5.41) is 3.39. The van der Waals surface area contributed by atoms with Crippen LogP contribution in [-0.4, -0.2) is 24.3 Å². The number of hydrogen-bond acceptors (Lipinski definition) is 3. The van der Waals surface area contributed by atoms with Crippen LogP contribution in [0.25, 0.3) is 0 Å². The lowest BCUT2D eigenvalue weighted by Crippen LogP contribution is -2.49. The lowest BCUT2D eigenvalue weighted by molar-refractivity contribution is -0.126. The van der Waals surface area contributed by atoms with Crippen molar-refractivity contribution in [1.29, 1.82) is 0 Å². The molecule has 5 heteroatoms. The second-order valence-electron chi connectivity index (χ2n) is 6.61. The van der Waals surface area contributed by atoms with Gasteiger partial charge in [0.15, 0.2) is 5.78 Å². The van der Waals surface area contributed by atoms with Gasteiger partial charge in [-0.2, -0.15) is 0 Å². The number of carbonyl (C=O) groups is 2. The number of amides is 1. The molecule has 2 fully saturated rings. The summed E-state index contributed by atoms with van der Waals surface area (Å²) in [4.78, 5) is 25.5. The highest BCUT2D eigenvalue weighted by atomic mass is 35.5. The third-order valence-corrected chi connectivity index (χ3v) is 5.74. The van der Waals surface area contributed by atoms with Crippen molar-refractivity contribution in [2.45, 2.75) is 50.5 Å². The summed E-state index contributed by atoms with van der Waals surface area (Å²) in [6.07, 6.45) is 4.59. The van der Waals surface area contributed by atoms with Crippen LogP contribution in [0.15, 0.2) is 18.2 Å². The number of rotatable bonds is 3. The molecule has 3 rings (SSSR count). The van der Waals surface area contributed by atoms with E-state index in [9.17, 15) is 9.59 Å². The first kappa shape index (κ1) is 16.3. The van der Waals surface area contributed by atoms with E-state index in [1.54, 1.807) is 25.3 Å². The van der Waals surface area contributed by atoms with Gasteiger partial charge >= 0.3 is 0 Å². The normalized spacial score (nSPS) is 30.6. The predicted molar refractivity (Wildman–Crippen MR) is 88.9 cm³/mol. The second kappa shape index (κ2) is 6.16. The van der Waals surface area contributed by atoms with Crippen molar-refractivity contribution < 1.29 is 14.3 Å². The first-order valence-electron chi connectivity index (χ1n) is 8.20. The first-order valence-corrected chi connectivity index (χ1v) is 8.58. The van der Waals surface area contributed by atoms with Crippen LogP contribution in [-0.2, 0) is 9.59 Å². The van der Waals surface area contributed by atoms with Crippen LogP contribution in [0.4, 0.5) is 0 Å². The van der Waals surface area contributed by atoms with E-state index in [1.807, 2.05) is 0 Å². The monoisotopic (exact) mass is 335 g/mol. The molecule has 1 aliphatic heterocycles. The van der Waals surface area contributed by atoms with E-state index in [-0.39, 0.29) is 11.7 Å². The summed E-state index contributed by atoms with van der Waals surface area (Å²) in [6.45, 7) is 2.18. The lowest BCUT2D eigenvalue weighted by Gasteiger charge is -2.35. The highest BCUT2D eigenvalue weighted by Crippen LogP contribution is 2.43. The van der Waals surface area contributed by atoms with Crippen LogP contribution in [0.2, 0.25) is 5.02 Å². The maximum atomic E-state index is 13.0. The SMILES string of the molecule is CCC1CCC2(CC1)NC(=O)C(c1ccc(OC)cc1Cl)C2=O. The van der Waals surface area contributed by atoms with Crippen LogP contribution in [0.5, 0.6) is 5.75 Å². The summed E-state index contributed by atoms with van der Waals surface area (Å²) in [5.41, 5.74) is -0.110. The number of carbonyl (C=O) groups excluding carboxylic acids is 2. The zero-order valence-corrected chi connectivity index (χ0v) is 14.3. The van der Waals surface area contributed by atoms with Crippen molar-refractivity contribution in [2.24, 2.45) is 5.92 Å². The molecule has 4 nitrogen and oxygen atoms in total. The molecule has 1 unspecified atom stereocenters. The van der Waals surface area contributed by atoms with Gasteiger partial charge in [-0.05, 0) is 49.3 Å². The summed E-state index contributed by atoms with van der Waals surface area (Å²) in [7, 11) is 1.56. The van der Waals surface area contributed by atoms with Crippen LogP contribution in [0.3, 0.4) is 0 Å². The van der Waals surface area contributed by atoms with Crippen molar-refractivity contribution in [3.8, 4) is 5.75 Å². The van der Waals surface area contributed by atoms with Gasteiger partial charge in [-0.1, -0.05) is 31.0 Å². The number of Topliss-reactive ketones (excluding diaryl/α,β-unsaturated/α-hetero) is 1. The topological polar surface area (TPSA) is 55.4 Å². The molecule has 1 saturated carbocycles. The number of ketones is 1. The molecule has 0 bridgehead atoms. The molecule has 1 amide bonds. The fourth-order valence-corrected chi connectivity index (χ4v) is 4.15. The summed E-state index contributed by atoms with van der Waals surface area (Å²) >= 11 is 6.28. The largest absolute Gasteiger partial charge is 0.497 e. The van der Waals surface area contributed by atoms with Crippen molar-refractivity contribution in [1.82, 2.24) is 5.32 Å². The molecule has 1 saturated heterocycles. The van der Waals surface area contributed by atoms with Crippen LogP contribution < -0.4 is 10.1 Å². The lowest BCUT2D eigenvalue weighted by atomic mass is 9.72. The molecular formula is C18H22ClNO3. The Morgan fingerprint density at radius 1 is 1.30 bits per heavy atom. The minimum atomic E-state index is -0.799. The fourth-order valence-electron chi connectivity index (χ4n) is 3.87. The van der Waals surface area contributed by atoms with E-state index < -0.39 is 11.5 Å². The molecule has 2 aliphatic rings. The third kappa shape index (κ3) is 2.74. The molecule has 0 radical (unpaired) electrons. The van der Waals surface area contributed by atoms with Gasteiger partial charge in [-0.15, -0.1) is 0 Å². The maximum absolute atomic E-state index is 13.0. The van der Waals surface area contributed by atoms with Gasteiger partial charge in [-0.3, -0.25) is 9.59 Å². The molecule has 1 aromatic rings. The van der Waals surface area contributed by atoms with E-state index in [4.69, 9.17) is 16.3 Å². The molecule has 23 heavy (non-hydrogen) atoms. The Labute approximate surface area is 141 Å². The van der Waals surface area contributed by atoms with Crippen molar-refractivity contribution >= 4 is 23.3 Å². The van der Waals surface area contributed by atoms with Crippen LogP contribution >= 0.6 is 11.6 Å². The first-order chi connectivity index (χ1) is 11.0.